The number of ether oxygens (including phenoxy) is 1. The fourth-order valence-corrected chi connectivity index (χ4v) is 2.64. The standard InChI is InChI=1S/C11H16FNO3S/c1-3-10(8-16-2)13-17(14,15)11-6-4-9(12)5-7-11/h4-7,10,13H,3,8H2,1-2H3. The van der Waals surface area contributed by atoms with Gasteiger partial charge in [0, 0.05) is 13.2 Å². The van der Waals surface area contributed by atoms with E-state index in [-0.39, 0.29) is 10.9 Å². The maximum absolute atomic E-state index is 12.7. The summed E-state index contributed by atoms with van der Waals surface area (Å²) in [6.45, 7) is 2.16. The molecule has 1 rings (SSSR count). The minimum absolute atomic E-state index is 0.0495. The van der Waals surface area contributed by atoms with Crippen molar-refractivity contribution in [1.29, 1.82) is 0 Å². The molecule has 0 saturated carbocycles. The Balaban J connectivity index is 2.84. The fourth-order valence-electron chi connectivity index (χ4n) is 1.34. The largest absolute Gasteiger partial charge is 0.383 e. The molecule has 0 spiro atoms. The SMILES string of the molecule is CCC(COC)NS(=O)(=O)c1ccc(F)cc1. The quantitative estimate of drug-likeness (QED) is 0.845. The summed E-state index contributed by atoms with van der Waals surface area (Å²) in [5, 5.41) is 0. The number of hydrogen-bond acceptors (Lipinski definition) is 3. The number of methoxy groups -OCH3 is 1. The predicted molar refractivity (Wildman–Crippen MR) is 62.7 cm³/mol. The third-order valence-electron chi connectivity index (χ3n) is 2.31. The molecular formula is C11H16FNO3S. The average molecular weight is 261 g/mol. The molecule has 0 radical (unpaired) electrons. The van der Waals surface area contributed by atoms with Gasteiger partial charge in [0.2, 0.25) is 10.0 Å². The Hall–Kier alpha value is -0.980. The lowest BCUT2D eigenvalue weighted by atomic mass is 10.3. The van der Waals surface area contributed by atoms with E-state index < -0.39 is 15.8 Å². The van der Waals surface area contributed by atoms with E-state index in [9.17, 15) is 12.8 Å². The van der Waals surface area contributed by atoms with Gasteiger partial charge in [-0.3, -0.25) is 0 Å². The van der Waals surface area contributed by atoms with Gasteiger partial charge in [-0.2, -0.15) is 0 Å². The summed E-state index contributed by atoms with van der Waals surface area (Å²) in [7, 11) is -2.10. The normalized spacial score (nSPS) is 13.6. The molecule has 0 aromatic heterocycles. The molecule has 4 nitrogen and oxygen atoms in total. The maximum Gasteiger partial charge on any atom is 0.240 e. The van der Waals surface area contributed by atoms with Crippen molar-refractivity contribution < 1.29 is 17.5 Å². The minimum atomic E-state index is -3.61. The monoisotopic (exact) mass is 261 g/mol. The van der Waals surface area contributed by atoms with Crippen LogP contribution < -0.4 is 4.72 Å². The zero-order valence-electron chi connectivity index (χ0n) is 9.81. The summed E-state index contributed by atoms with van der Waals surface area (Å²) in [6.07, 6.45) is 0.619. The second-order valence-electron chi connectivity index (χ2n) is 3.64. The Bertz CT molecular complexity index is 444. The van der Waals surface area contributed by atoms with Gasteiger partial charge in [-0.1, -0.05) is 6.92 Å². The van der Waals surface area contributed by atoms with E-state index in [1.165, 1.54) is 19.2 Å². The maximum atomic E-state index is 12.7. The van der Waals surface area contributed by atoms with Crippen LogP contribution in [-0.4, -0.2) is 28.2 Å². The van der Waals surface area contributed by atoms with Crippen molar-refractivity contribution in [3.63, 3.8) is 0 Å². The highest BCUT2D eigenvalue weighted by Gasteiger charge is 2.18. The zero-order chi connectivity index (χ0) is 12.9. The van der Waals surface area contributed by atoms with Crippen molar-refractivity contribution in [2.24, 2.45) is 0 Å². The van der Waals surface area contributed by atoms with Crippen LogP contribution in [0.5, 0.6) is 0 Å². The van der Waals surface area contributed by atoms with Crippen LogP contribution in [0.3, 0.4) is 0 Å². The summed E-state index contributed by atoms with van der Waals surface area (Å²) in [6, 6.07) is 4.42. The molecule has 0 aliphatic rings. The molecule has 0 saturated heterocycles. The first-order valence-electron chi connectivity index (χ1n) is 5.26. The van der Waals surface area contributed by atoms with Crippen LogP contribution in [0.15, 0.2) is 29.2 Å². The molecule has 96 valence electrons. The first-order valence-corrected chi connectivity index (χ1v) is 6.74. The smallest absolute Gasteiger partial charge is 0.240 e. The Kier molecular flexibility index (Phi) is 5.04. The highest BCUT2D eigenvalue weighted by molar-refractivity contribution is 7.89. The van der Waals surface area contributed by atoms with Gasteiger partial charge in [-0.05, 0) is 30.7 Å². The van der Waals surface area contributed by atoms with Crippen LogP contribution in [0.1, 0.15) is 13.3 Å². The van der Waals surface area contributed by atoms with Crippen LogP contribution in [0, 0.1) is 5.82 Å². The molecule has 0 aliphatic carbocycles. The van der Waals surface area contributed by atoms with Gasteiger partial charge in [0.05, 0.1) is 11.5 Å². The second kappa shape index (κ2) is 6.09. The van der Waals surface area contributed by atoms with E-state index in [1.807, 2.05) is 6.92 Å². The lowest BCUT2D eigenvalue weighted by molar-refractivity contribution is 0.173. The number of halogens is 1. The van der Waals surface area contributed by atoms with Crippen LogP contribution in [0.2, 0.25) is 0 Å². The zero-order valence-corrected chi connectivity index (χ0v) is 10.6. The Morgan fingerprint density at radius 2 is 1.94 bits per heavy atom. The lowest BCUT2D eigenvalue weighted by Gasteiger charge is -2.15. The molecule has 1 aromatic rings. The number of benzene rings is 1. The Morgan fingerprint density at radius 3 is 2.41 bits per heavy atom. The third kappa shape index (κ3) is 4.07. The summed E-state index contributed by atoms with van der Waals surface area (Å²) in [4.78, 5) is 0.0495. The molecule has 1 unspecified atom stereocenters. The van der Waals surface area contributed by atoms with E-state index in [0.717, 1.165) is 12.1 Å². The van der Waals surface area contributed by atoms with Gasteiger partial charge >= 0.3 is 0 Å². The van der Waals surface area contributed by atoms with Crippen LogP contribution in [0.25, 0.3) is 0 Å². The van der Waals surface area contributed by atoms with E-state index in [4.69, 9.17) is 4.74 Å². The Labute approximate surface area is 101 Å². The van der Waals surface area contributed by atoms with E-state index in [2.05, 4.69) is 4.72 Å². The van der Waals surface area contributed by atoms with Crippen LogP contribution >= 0.6 is 0 Å². The third-order valence-corrected chi connectivity index (χ3v) is 3.84. The van der Waals surface area contributed by atoms with Crippen LogP contribution in [-0.2, 0) is 14.8 Å². The molecule has 1 atom stereocenters. The topological polar surface area (TPSA) is 55.4 Å². The van der Waals surface area contributed by atoms with Crippen molar-refractivity contribution in [3.8, 4) is 0 Å². The molecular weight excluding hydrogens is 245 g/mol. The van der Waals surface area contributed by atoms with Crippen molar-refractivity contribution in [2.75, 3.05) is 13.7 Å². The first kappa shape index (κ1) is 14.1. The minimum Gasteiger partial charge on any atom is -0.383 e. The Morgan fingerprint density at radius 1 is 1.35 bits per heavy atom. The number of hydrogen-bond donors (Lipinski definition) is 1. The molecule has 6 heteroatoms. The van der Waals surface area contributed by atoms with E-state index >= 15 is 0 Å². The summed E-state index contributed by atoms with van der Waals surface area (Å²) in [5.74, 6) is -0.465. The highest BCUT2D eigenvalue weighted by Crippen LogP contribution is 2.10. The van der Waals surface area contributed by atoms with Crippen molar-refractivity contribution in [1.82, 2.24) is 4.72 Å². The highest BCUT2D eigenvalue weighted by atomic mass is 32.2. The fraction of sp³-hybridized carbons (Fsp3) is 0.455. The summed E-state index contributed by atoms with van der Waals surface area (Å²) >= 11 is 0. The van der Waals surface area contributed by atoms with Crippen molar-refractivity contribution in [2.45, 2.75) is 24.3 Å². The molecule has 0 aliphatic heterocycles. The lowest BCUT2D eigenvalue weighted by Crippen LogP contribution is -2.37. The molecule has 0 heterocycles. The van der Waals surface area contributed by atoms with Gasteiger partial charge in [-0.25, -0.2) is 17.5 Å². The van der Waals surface area contributed by atoms with E-state index in [0.29, 0.717) is 13.0 Å². The van der Waals surface area contributed by atoms with Gasteiger partial charge in [0.15, 0.2) is 0 Å². The first-order chi connectivity index (χ1) is 7.99. The van der Waals surface area contributed by atoms with Crippen molar-refractivity contribution in [3.05, 3.63) is 30.1 Å². The molecule has 17 heavy (non-hydrogen) atoms. The van der Waals surface area contributed by atoms with Gasteiger partial charge in [0.25, 0.3) is 0 Å². The summed E-state index contributed by atoms with van der Waals surface area (Å²) in [5.41, 5.74) is 0. The second-order valence-corrected chi connectivity index (χ2v) is 5.35. The molecule has 0 fully saturated rings. The molecule has 0 bridgehead atoms. The number of nitrogens with one attached hydrogen (secondary N) is 1. The van der Waals surface area contributed by atoms with Crippen LogP contribution in [0.4, 0.5) is 4.39 Å². The van der Waals surface area contributed by atoms with Crippen molar-refractivity contribution >= 4 is 10.0 Å². The van der Waals surface area contributed by atoms with Gasteiger partial charge in [0.1, 0.15) is 5.82 Å². The van der Waals surface area contributed by atoms with Gasteiger partial charge < -0.3 is 4.74 Å². The summed E-state index contributed by atoms with van der Waals surface area (Å²) < 4.78 is 43.9. The van der Waals surface area contributed by atoms with E-state index in [1.54, 1.807) is 0 Å². The molecule has 1 N–H and O–H groups in total. The number of sulfonamides is 1. The molecule has 1 aromatic carbocycles. The number of rotatable bonds is 6. The molecule has 0 amide bonds. The van der Waals surface area contributed by atoms with Gasteiger partial charge in [-0.15, -0.1) is 0 Å². The average Bonchev–Trinajstić information content (AvgIpc) is 2.28. The predicted octanol–water partition coefficient (Wildman–Crippen LogP) is 1.53.